The summed E-state index contributed by atoms with van der Waals surface area (Å²) in [6, 6.07) is 13.3. The van der Waals surface area contributed by atoms with E-state index in [1.54, 1.807) is 19.2 Å². The fourth-order valence-corrected chi connectivity index (χ4v) is 1.86. The summed E-state index contributed by atoms with van der Waals surface area (Å²) in [5.41, 5.74) is 1.05. The van der Waals surface area contributed by atoms with E-state index >= 15 is 0 Å². The Bertz CT molecular complexity index is 682. The monoisotopic (exact) mass is 315 g/mol. The largest absolute Gasteiger partial charge is 0.497 e. The van der Waals surface area contributed by atoms with Crippen LogP contribution in [0.2, 0.25) is 0 Å². The van der Waals surface area contributed by atoms with Crippen LogP contribution < -0.4 is 14.8 Å². The highest BCUT2D eigenvalue weighted by atomic mass is 16.5. The number of carbonyl (C=O) groups is 2. The second-order valence-electron chi connectivity index (χ2n) is 4.75. The molecule has 0 spiro atoms. The van der Waals surface area contributed by atoms with Crippen molar-refractivity contribution >= 4 is 11.9 Å². The third-order valence-corrected chi connectivity index (χ3v) is 3.10. The molecule has 0 aliphatic heterocycles. The molecule has 2 N–H and O–H groups in total. The first-order valence-electron chi connectivity index (χ1n) is 6.94. The molecule has 0 aliphatic rings. The van der Waals surface area contributed by atoms with E-state index in [0.717, 1.165) is 11.3 Å². The normalized spacial score (nSPS) is 9.96. The zero-order chi connectivity index (χ0) is 16.7. The summed E-state index contributed by atoms with van der Waals surface area (Å²) < 4.78 is 10.3. The molecule has 2 rings (SSSR count). The molecular weight excluding hydrogens is 298 g/mol. The van der Waals surface area contributed by atoms with Crippen molar-refractivity contribution in [3.8, 4) is 11.5 Å². The highest BCUT2D eigenvalue weighted by molar-refractivity contribution is 5.88. The lowest BCUT2D eigenvalue weighted by molar-refractivity contribution is -0.123. The van der Waals surface area contributed by atoms with Gasteiger partial charge in [-0.1, -0.05) is 18.2 Å². The molecule has 1 amide bonds. The van der Waals surface area contributed by atoms with Crippen LogP contribution in [-0.4, -0.2) is 30.7 Å². The number of carboxylic acids is 1. The molecule has 23 heavy (non-hydrogen) atoms. The summed E-state index contributed by atoms with van der Waals surface area (Å²) in [4.78, 5) is 22.6. The summed E-state index contributed by atoms with van der Waals surface area (Å²) in [6.07, 6.45) is 0. The van der Waals surface area contributed by atoms with Gasteiger partial charge < -0.3 is 19.9 Å². The molecular formula is C17H17NO5. The Balaban J connectivity index is 1.80. The molecule has 0 saturated heterocycles. The van der Waals surface area contributed by atoms with E-state index in [-0.39, 0.29) is 18.1 Å². The lowest BCUT2D eigenvalue weighted by Crippen LogP contribution is -2.28. The molecule has 120 valence electrons. The number of ether oxygens (including phenoxy) is 2. The van der Waals surface area contributed by atoms with E-state index in [9.17, 15) is 9.59 Å². The maximum atomic E-state index is 11.8. The predicted molar refractivity (Wildman–Crippen MR) is 83.7 cm³/mol. The molecule has 2 aromatic carbocycles. The smallest absolute Gasteiger partial charge is 0.335 e. The Labute approximate surface area is 133 Å². The van der Waals surface area contributed by atoms with Crippen LogP contribution in [0.1, 0.15) is 15.9 Å². The van der Waals surface area contributed by atoms with Gasteiger partial charge in [-0.2, -0.15) is 0 Å². The average molecular weight is 315 g/mol. The van der Waals surface area contributed by atoms with E-state index in [1.165, 1.54) is 12.1 Å². The van der Waals surface area contributed by atoms with Crippen molar-refractivity contribution in [1.29, 1.82) is 0 Å². The van der Waals surface area contributed by atoms with Crippen LogP contribution in [0.3, 0.4) is 0 Å². The molecule has 0 unspecified atom stereocenters. The Morgan fingerprint density at radius 2 is 1.83 bits per heavy atom. The standard InChI is InChI=1S/C17H17NO5/c1-22-14-7-5-12(6-8-14)10-18-16(19)11-23-15-4-2-3-13(9-15)17(20)21/h2-9H,10-11H2,1H3,(H,18,19)(H,20,21). The molecule has 0 heterocycles. The number of hydrogen-bond acceptors (Lipinski definition) is 4. The van der Waals surface area contributed by atoms with Crippen LogP contribution in [0.15, 0.2) is 48.5 Å². The number of benzene rings is 2. The zero-order valence-electron chi connectivity index (χ0n) is 12.6. The second-order valence-corrected chi connectivity index (χ2v) is 4.75. The van der Waals surface area contributed by atoms with Gasteiger partial charge >= 0.3 is 5.97 Å². The first kappa shape index (κ1) is 16.4. The van der Waals surface area contributed by atoms with Gasteiger partial charge in [0.1, 0.15) is 11.5 Å². The van der Waals surface area contributed by atoms with Gasteiger partial charge in [0.25, 0.3) is 5.91 Å². The molecule has 0 radical (unpaired) electrons. The van der Waals surface area contributed by atoms with Crippen LogP contribution in [0, 0.1) is 0 Å². The fourth-order valence-electron chi connectivity index (χ4n) is 1.86. The number of amides is 1. The maximum absolute atomic E-state index is 11.8. The minimum Gasteiger partial charge on any atom is -0.497 e. The van der Waals surface area contributed by atoms with Gasteiger partial charge in [0.2, 0.25) is 0 Å². The Morgan fingerprint density at radius 1 is 1.09 bits per heavy atom. The van der Waals surface area contributed by atoms with E-state index < -0.39 is 5.97 Å². The van der Waals surface area contributed by atoms with Crippen LogP contribution in [0.25, 0.3) is 0 Å². The van der Waals surface area contributed by atoms with Crippen molar-refractivity contribution in [3.63, 3.8) is 0 Å². The second kappa shape index (κ2) is 7.84. The van der Waals surface area contributed by atoms with Crippen molar-refractivity contribution in [1.82, 2.24) is 5.32 Å². The van der Waals surface area contributed by atoms with Crippen molar-refractivity contribution < 1.29 is 24.2 Å². The number of hydrogen-bond donors (Lipinski definition) is 2. The first-order valence-corrected chi connectivity index (χ1v) is 6.94. The quantitative estimate of drug-likeness (QED) is 0.817. The molecule has 0 aromatic heterocycles. The molecule has 0 aliphatic carbocycles. The van der Waals surface area contributed by atoms with E-state index in [2.05, 4.69) is 5.32 Å². The van der Waals surface area contributed by atoms with E-state index in [1.807, 2.05) is 24.3 Å². The van der Waals surface area contributed by atoms with Gasteiger partial charge in [-0.3, -0.25) is 4.79 Å². The maximum Gasteiger partial charge on any atom is 0.335 e. The number of carbonyl (C=O) groups excluding carboxylic acids is 1. The lowest BCUT2D eigenvalue weighted by atomic mass is 10.2. The van der Waals surface area contributed by atoms with Crippen molar-refractivity contribution in [2.75, 3.05) is 13.7 Å². The van der Waals surface area contributed by atoms with Crippen LogP contribution >= 0.6 is 0 Å². The van der Waals surface area contributed by atoms with Crippen molar-refractivity contribution in [2.45, 2.75) is 6.54 Å². The minimum atomic E-state index is -1.04. The molecule has 0 fully saturated rings. The van der Waals surface area contributed by atoms with Gasteiger partial charge in [0.05, 0.1) is 12.7 Å². The molecule has 0 saturated carbocycles. The highest BCUT2D eigenvalue weighted by Gasteiger charge is 2.06. The summed E-state index contributed by atoms with van der Waals surface area (Å²) in [7, 11) is 1.59. The summed E-state index contributed by atoms with van der Waals surface area (Å²) >= 11 is 0. The SMILES string of the molecule is COc1ccc(CNC(=O)COc2cccc(C(=O)O)c2)cc1. The van der Waals surface area contributed by atoms with E-state index in [4.69, 9.17) is 14.6 Å². The van der Waals surface area contributed by atoms with Gasteiger partial charge in [-0.15, -0.1) is 0 Å². The minimum absolute atomic E-state index is 0.112. The van der Waals surface area contributed by atoms with Crippen LogP contribution in [0.5, 0.6) is 11.5 Å². The number of rotatable bonds is 7. The third kappa shape index (κ3) is 5.03. The Kier molecular flexibility index (Phi) is 5.57. The molecule has 0 bridgehead atoms. The number of carboxylic acid groups (broad SMARTS) is 1. The Morgan fingerprint density at radius 3 is 2.48 bits per heavy atom. The van der Waals surface area contributed by atoms with Gasteiger partial charge in [-0.05, 0) is 35.9 Å². The highest BCUT2D eigenvalue weighted by Crippen LogP contribution is 2.13. The Hall–Kier alpha value is -3.02. The molecule has 6 nitrogen and oxygen atoms in total. The zero-order valence-corrected chi connectivity index (χ0v) is 12.6. The van der Waals surface area contributed by atoms with Crippen LogP contribution in [-0.2, 0) is 11.3 Å². The lowest BCUT2D eigenvalue weighted by Gasteiger charge is -2.08. The van der Waals surface area contributed by atoms with Gasteiger partial charge in [0, 0.05) is 6.54 Å². The van der Waals surface area contributed by atoms with Crippen molar-refractivity contribution in [3.05, 3.63) is 59.7 Å². The summed E-state index contributed by atoms with van der Waals surface area (Å²) in [5.74, 6) is -0.243. The number of nitrogens with one attached hydrogen (secondary N) is 1. The fraction of sp³-hybridized carbons (Fsp3) is 0.176. The predicted octanol–water partition coefficient (Wildman–Crippen LogP) is 2.09. The summed E-state index contributed by atoms with van der Waals surface area (Å²) in [6.45, 7) is 0.195. The van der Waals surface area contributed by atoms with Crippen LogP contribution in [0.4, 0.5) is 0 Å². The third-order valence-electron chi connectivity index (χ3n) is 3.10. The van der Waals surface area contributed by atoms with E-state index in [0.29, 0.717) is 12.3 Å². The van der Waals surface area contributed by atoms with Gasteiger partial charge in [-0.25, -0.2) is 4.79 Å². The number of aromatic carboxylic acids is 1. The average Bonchev–Trinajstić information content (AvgIpc) is 2.58. The first-order chi connectivity index (χ1) is 11.1. The topological polar surface area (TPSA) is 84.9 Å². The number of methoxy groups -OCH3 is 1. The molecule has 2 aromatic rings. The summed E-state index contributed by atoms with van der Waals surface area (Å²) in [5, 5.41) is 11.6. The molecule has 0 atom stereocenters. The van der Waals surface area contributed by atoms with Crippen molar-refractivity contribution in [2.24, 2.45) is 0 Å². The van der Waals surface area contributed by atoms with Gasteiger partial charge in [0.15, 0.2) is 6.61 Å². The molecule has 6 heteroatoms.